The summed E-state index contributed by atoms with van der Waals surface area (Å²) in [6.45, 7) is 8.57. The van der Waals surface area contributed by atoms with E-state index in [-0.39, 0.29) is 0 Å². The van der Waals surface area contributed by atoms with Crippen molar-refractivity contribution in [2.45, 2.75) is 59.3 Å². The van der Waals surface area contributed by atoms with Gasteiger partial charge in [-0.05, 0) is 47.6 Å². The number of carbonyl (C=O) groups is 2. The summed E-state index contributed by atoms with van der Waals surface area (Å²) in [5.74, 6) is -3.88. The number of rotatable bonds is 2. The second-order valence-electron chi connectivity index (χ2n) is 7.43. The molecule has 0 spiro atoms. The molecule has 0 radical (unpaired) electrons. The molecule has 1 aromatic rings. The van der Waals surface area contributed by atoms with Gasteiger partial charge in [0.05, 0.1) is 6.54 Å². The maximum atomic E-state index is 13.9. The van der Waals surface area contributed by atoms with Gasteiger partial charge in [0.1, 0.15) is 17.0 Å². The molecule has 0 unspecified atom stereocenters. The fourth-order valence-electron chi connectivity index (χ4n) is 1.68. The van der Waals surface area contributed by atoms with Crippen molar-refractivity contribution in [2.24, 2.45) is 0 Å². The van der Waals surface area contributed by atoms with Crippen LogP contribution in [0.25, 0.3) is 0 Å². The second-order valence-corrected chi connectivity index (χ2v) is 7.43. The standard InChI is InChI=1S/C17H22F3NO5/c1-16(2,3)24-14(22)21(26-15(23)25-17(4,5)6)9-10-7-11(18)8-12(19)13(10)20/h7-8H,9H2,1-6H3. The van der Waals surface area contributed by atoms with Crippen molar-refractivity contribution in [2.75, 3.05) is 0 Å². The van der Waals surface area contributed by atoms with Crippen LogP contribution in [0.5, 0.6) is 0 Å². The predicted octanol–water partition coefficient (Wildman–Crippen LogP) is 4.71. The first-order valence-electron chi connectivity index (χ1n) is 7.73. The molecule has 0 saturated heterocycles. The molecule has 0 saturated carbocycles. The van der Waals surface area contributed by atoms with E-state index < -0.39 is 53.0 Å². The van der Waals surface area contributed by atoms with Crippen LogP contribution in [-0.2, 0) is 20.9 Å². The van der Waals surface area contributed by atoms with Crippen LogP contribution in [0.15, 0.2) is 12.1 Å². The second kappa shape index (κ2) is 7.84. The molecule has 0 N–H and O–H groups in total. The number of amides is 1. The summed E-state index contributed by atoms with van der Waals surface area (Å²) < 4.78 is 50.5. The van der Waals surface area contributed by atoms with Crippen LogP contribution in [0.4, 0.5) is 22.8 Å². The molecule has 0 bridgehead atoms. The predicted molar refractivity (Wildman–Crippen MR) is 85.4 cm³/mol. The Bertz CT molecular complexity index is 680. The Morgan fingerprint density at radius 2 is 1.50 bits per heavy atom. The summed E-state index contributed by atoms with van der Waals surface area (Å²) >= 11 is 0. The van der Waals surface area contributed by atoms with E-state index >= 15 is 0 Å². The molecule has 1 aromatic carbocycles. The fraction of sp³-hybridized carbons (Fsp3) is 0.529. The van der Waals surface area contributed by atoms with Crippen LogP contribution in [0.3, 0.4) is 0 Å². The van der Waals surface area contributed by atoms with E-state index in [4.69, 9.17) is 14.3 Å². The van der Waals surface area contributed by atoms with Gasteiger partial charge in [-0.1, -0.05) is 0 Å². The molecule has 26 heavy (non-hydrogen) atoms. The van der Waals surface area contributed by atoms with Crippen LogP contribution >= 0.6 is 0 Å². The summed E-state index contributed by atoms with van der Waals surface area (Å²) in [7, 11) is 0. The van der Waals surface area contributed by atoms with E-state index in [0.717, 1.165) is 0 Å². The summed E-state index contributed by atoms with van der Waals surface area (Å²) in [5, 5.41) is 0.330. The van der Waals surface area contributed by atoms with E-state index in [1.807, 2.05) is 0 Å². The Morgan fingerprint density at radius 3 is 2.00 bits per heavy atom. The smallest absolute Gasteiger partial charge is 0.442 e. The van der Waals surface area contributed by atoms with Gasteiger partial charge in [0.25, 0.3) is 0 Å². The van der Waals surface area contributed by atoms with Gasteiger partial charge in [-0.15, -0.1) is 5.06 Å². The molecule has 0 aromatic heterocycles. The van der Waals surface area contributed by atoms with Gasteiger partial charge >= 0.3 is 12.2 Å². The lowest BCUT2D eigenvalue weighted by Crippen LogP contribution is -2.39. The number of ether oxygens (including phenoxy) is 2. The highest BCUT2D eigenvalue weighted by Gasteiger charge is 2.29. The third kappa shape index (κ3) is 7.20. The third-order valence-electron chi connectivity index (χ3n) is 2.55. The van der Waals surface area contributed by atoms with Crippen molar-refractivity contribution >= 4 is 12.2 Å². The number of hydrogen-bond acceptors (Lipinski definition) is 5. The molecule has 0 aliphatic carbocycles. The first-order chi connectivity index (χ1) is 11.7. The molecular weight excluding hydrogens is 355 g/mol. The monoisotopic (exact) mass is 377 g/mol. The number of hydrogen-bond donors (Lipinski definition) is 0. The molecular formula is C17H22F3NO5. The van der Waals surface area contributed by atoms with E-state index in [9.17, 15) is 22.8 Å². The minimum absolute atomic E-state index is 0.330. The van der Waals surface area contributed by atoms with E-state index in [2.05, 4.69) is 0 Å². The molecule has 146 valence electrons. The van der Waals surface area contributed by atoms with Crippen molar-refractivity contribution in [3.8, 4) is 0 Å². The Labute approximate surface area is 149 Å². The van der Waals surface area contributed by atoms with Crippen molar-refractivity contribution < 1.29 is 37.1 Å². The molecule has 0 aliphatic heterocycles. The highest BCUT2D eigenvalue weighted by Crippen LogP contribution is 2.19. The molecule has 1 rings (SSSR count). The zero-order valence-electron chi connectivity index (χ0n) is 15.5. The maximum Gasteiger partial charge on any atom is 0.534 e. The number of nitrogens with zero attached hydrogens (tertiary/aromatic N) is 1. The maximum absolute atomic E-state index is 13.9. The van der Waals surface area contributed by atoms with Crippen LogP contribution < -0.4 is 0 Å². The minimum Gasteiger partial charge on any atom is -0.442 e. The molecule has 0 atom stereocenters. The highest BCUT2D eigenvalue weighted by atomic mass is 19.2. The van der Waals surface area contributed by atoms with Gasteiger partial charge in [-0.25, -0.2) is 22.8 Å². The van der Waals surface area contributed by atoms with Gasteiger partial charge in [0, 0.05) is 11.6 Å². The molecule has 0 fully saturated rings. The topological polar surface area (TPSA) is 65.1 Å². The van der Waals surface area contributed by atoms with Gasteiger partial charge in [0.15, 0.2) is 11.6 Å². The van der Waals surface area contributed by atoms with Crippen LogP contribution in [-0.4, -0.2) is 28.5 Å². The normalized spacial score (nSPS) is 11.7. The summed E-state index contributed by atoms with van der Waals surface area (Å²) in [6, 6.07) is 1.03. The molecule has 0 heterocycles. The SMILES string of the molecule is CC(C)(C)OC(=O)ON(Cc1cc(F)cc(F)c1F)C(=O)OC(C)(C)C. The van der Waals surface area contributed by atoms with E-state index in [1.54, 1.807) is 41.5 Å². The van der Waals surface area contributed by atoms with E-state index in [1.165, 1.54) is 0 Å². The van der Waals surface area contributed by atoms with Crippen LogP contribution in [0.2, 0.25) is 0 Å². The fourth-order valence-corrected chi connectivity index (χ4v) is 1.68. The number of carbonyl (C=O) groups excluding carboxylic acids is 2. The zero-order chi connectivity index (χ0) is 20.3. The zero-order valence-corrected chi connectivity index (χ0v) is 15.5. The summed E-state index contributed by atoms with van der Waals surface area (Å²) in [6.07, 6.45) is -2.42. The molecule has 9 heteroatoms. The number of hydroxylamine groups is 2. The van der Waals surface area contributed by atoms with Crippen molar-refractivity contribution in [1.29, 1.82) is 0 Å². The third-order valence-corrected chi connectivity index (χ3v) is 2.55. The first kappa shape index (κ1) is 21.6. The lowest BCUT2D eigenvalue weighted by molar-refractivity contribution is -0.141. The molecule has 1 amide bonds. The minimum atomic E-state index is -1.44. The summed E-state index contributed by atoms with van der Waals surface area (Å²) in [5.41, 5.74) is -2.43. The van der Waals surface area contributed by atoms with Crippen LogP contribution in [0.1, 0.15) is 47.1 Å². The van der Waals surface area contributed by atoms with Gasteiger partial charge in [-0.3, -0.25) is 4.84 Å². The number of halogens is 3. The Morgan fingerprint density at radius 1 is 0.962 bits per heavy atom. The van der Waals surface area contributed by atoms with Gasteiger partial charge in [0.2, 0.25) is 0 Å². The average Bonchev–Trinajstić information content (AvgIpc) is 2.39. The molecule has 0 aliphatic rings. The Balaban J connectivity index is 3.08. The van der Waals surface area contributed by atoms with Crippen molar-refractivity contribution in [3.63, 3.8) is 0 Å². The highest BCUT2D eigenvalue weighted by molar-refractivity contribution is 5.70. The van der Waals surface area contributed by atoms with E-state index in [0.29, 0.717) is 17.2 Å². The lowest BCUT2D eigenvalue weighted by atomic mass is 10.2. The molecule has 6 nitrogen and oxygen atoms in total. The van der Waals surface area contributed by atoms with Gasteiger partial charge in [-0.2, -0.15) is 0 Å². The van der Waals surface area contributed by atoms with Crippen molar-refractivity contribution in [1.82, 2.24) is 5.06 Å². The largest absolute Gasteiger partial charge is 0.534 e. The quantitative estimate of drug-likeness (QED) is 0.424. The number of benzene rings is 1. The summed E-state index contributed by atoms with van der Waals surface area (Å²) in [4.78, 5) is 28.8. The van der Waals surface area contributed by atoms with Crippen molar-refractivity contribution in [3.05, 3.63) is 35.1 Å². The van der Waals surface area contributed by atoms with Gasteiger partial charge < -0.3 is 9.47 Å². The Hall–Kier alpha value is -2.45. The average molecular weight is 377 g/mol. The lowest BCUT2D eigenvalue weighted by Gasteiger charge is -2.27. The van der Waals surface area contributed by atoms with Crippen LogP contribution in [0, 0.1) is 17.5 Å². The first-order valence-corrected chi connectivity index (χ1v) is 7.73. The Kier molecular flexibility index (Phi) is 6.51.